The Bertz CT molecular complexity index is 1030. The van der Waals surface area contributed by atoms with E-state index in [9.17, 15) is 9.59 Å². The minimum absolute atomic E-state index is 0.109. The number of amides is 1. The van der Waals surface area contributed by atoms with Crippen molar-refractivity contribution in [2.45, 2.75) is 26.4 Å². The zero-order valence-electron chi connectivity index (χ0n) is 16.0. The maximum Gasteiger partial charge on any atom is 0.264 e. The second kappa shape index (κ2) is 8.86. The summed E-state index contributed by atoms with van der Waals surface area (Å²) in [5.74, 6) is 0.422. The van der Waals surface area contributed by atoms with Gasteiger partial charge in [-0.15, -0.1) is 11.3 Å². The van der Waals surface area contributed by atoms with E-state index in [0.717, 1.165) is 0 Å². The van der Waals surface area contributed by atoms with Crippen molar-refractivity contribution in [1.82, 2.24) is 14.5 Å². The monoisotopic (exact) mass is 419 g/mol. The van der Waals surface area contributed by atoms with Gasteiger partial charge < -0.3 is 9.64 Å². The number of hydrogen-bond donors (Lipinski definition) is 0. The van der Waals surface area contributed by atoms with Crippen LogP contribution in [0.5, 0.6) is 0 Å². The molecule has 0 bridgehead atoms. The van der Waals surface area contributed by atoms with E-state index in [2.05, 4.69) is 0 Å². The highest BCUT2D eigenvalue weighted by Crippen LogP contribution is 2.24. The molecule has 3 aromatic rings. The van der Waals surface area contributed by atoms with Gasteiger partial charge in [0.25, 0.3) is 11.5 Å². The molecule has 1 aromatic carbocycles. The summed E-state index contributed by atoms with van der Waals surface area (Å²) < 4.78 is 6.81. The Morgan fingerprint density at radius 3 is 2.82 bits per heavy atom. The Balaban J connectivity index is 2.11. The molecule has 0 aliphatic rings. The van der Waals surface area contributed by atoms with Crippen molar-refractivity contribution in [3.05, 3.63) is 61.8 Å². The van der Waals surface area contributed by atoms with E-state index in [4.69, 9.17) is 21.3 Å². The summed E-state index contributed by atoms with van der Waals surface area (Å²) in [6, 6.07) is 8.26. The van der Waals surface area contributed by atoms with E-state index in [1.54, 1.807) is 40.8 Å². The van der Waals surface area contributed by atoms with E-state index in [-0.39, 0.29) is 11.5 Å². The predicted molar refractivity (Wildman–Crippen MR) is 112 cm³/mol. The molecule has 3 rings (SSSR count). The third-order valence-corrected chi connectivity index (χ3v) is 5.73. The molecule has 0 spiro atoms. The van der Waals surface area contributed by atoms with E-state index in [1.807, 2.05) is 25.3 Å². The zero-order chi connectivity index (χ0) is 20.3. The summed E-state index contributed by atoms with van der Waals surface area (Å²) in [5, 5.41) is 2.89. The predicted octanol–water partition coefficient (Wildman–Crippen LogP) is 3.98. The van der Waals surface area contributed by atoms with Crippen LogP contribution in [-0.2, 0) is 11.3 Å². The average Bonchev–Trinajstić information content (AvgIpc) is 3.22. The Hall–Kier alpha value is -2.22. The molecule has 0 aliphatic carbocycles. The fourth-order valence-corrected chi connectivity index (χ4v) is 4.02. The highest BCUT2D eigenvalue weighted by atomic mass is 35.5. The van der Waals surface area contributed by atoms with Crippen LogP contribution in [0.25, 0.3) is 10.9 Å². The minimum atomic E-state index is -0.416. The summed E-state index contributed by atoms with van der Waals surface area (Å²) in [5.41, 5.74) is 0.389. The van der Waals surface area contributed by atoms with E-state index in [0.29, 0.717) is 46.3 Å². The fourth-order valence-electron chi connectivity index (χ4n) is 3.18. The smallest absolute Gasteiger partial charge is 0.264 e. The Labute approximate surface area is 172 Å². The first-order valence-electron chi connectivity index (χ1n) is 9.01. The number of rotatable bonds is 7. The number of nitrogens with zero attached hydrogens (tertiary/aromatic N) is 3. The van der Waals surface area contributed by atoms with Crippen molar-refractivity contribution in [1.29, 1.82) is 0 Å². The maximum absolute atomic E-state index is 13.1. The molecule has 28 heavy (non-hydrogen) atoms. The number of carbonyl (C=O) groups is 1. The number of methoxy groups -OCH3 is 1. The standard InChI is InChI=1S/C20H22ClN3O3S/c1-4-23-18(22-16-12-14(21)7-8-15(16)19(23)25)13(2)24(9-10-27-3)20(26)17-6-5-11-28-17/h5-8,11-13H,4,9-10H2,1-3H3. The molecule has 0 aliphatic heterocycles. The van der Waals surface area contributed by atoms with Gasteiger partial charge >= 0.3 is 0 Å². The summed E-state index contributed by atoms with van der Waals surface area (Å²) in [6.07, 6.45) is 0. The molecule has 2 heterocycles. The lowest BCUT2D eigenvalue weighted by molar-refractivity contribution is 0.0608. The topological polar surface area (TPSA) is 64.4 Å². The molecule has 1 amide bonds. The van der Waals surface area contributed by atoms with Crippen LogP contribution in [0.4, 0.5) is 0 Å². The van der Waals surface area contributed by atoms with Crippen LogP contribution in [0, 0.1) is 0 Å². The number of hydrogen-bond acceptors (Lipinski definition) is 5. The number of benzene rings is 1. The Morgan fingerprint density at radius 2 is 2.18 bits per heavy atom. The van der Waals surface area contributed by atoms with Gasteiger partial charge in [-0.25, -0.2) is 4.98 Å². The molecule has 0 saturated carbocycles. The van der Waals surface area contributed by atoms with Crippen molar-refractivity contribution in [2.75, 3.05) is 20.3 Å². The Kier molecular flexibility index (Phi) is 6.49. The molecule has 148 valence electrons. The summed E-state index contributed by atoms with van der Waals surface area (Å²) in [6.45, 7) is 5.00. The molecular weight excluding hydrogens is 398 g/mol. The zero-order valence-corrected chi connectivity index (χ0v) is 17.6. The summed E-state index contributed by atoms with van der Waals surface area (Å²) >= 11 is 7.48. The number of carbonyl (C=O) groups excluding carboxylic acids is 1. The highest BCUT2D eigenvalue weighted by Gasteiger charge is 2.27. The number of fused-ring (bicyclic) bond motifs is 1. The van der Waals surface area contributed by atoms with Gasteiger partial charge in [0, 0.05) is 25.2 Å². The van der Waals surface area contributed by atoms with Gasteiger partial charge in [-0.2, -0.15) is 0 Å². The van der Waals surface area contributed by atoms with Gasteiger partial charge in [0.05, 0.1) is 28.4 Å². The lowest BCUT2D eigenvalue weighted by atomic mass is 10.2. The van der Waals surface area contributed by atoms with Crippen LogP contribution < -0.4 is 5.56 Å². The van der Waals surface area contributed by atoms with Crippen molar-refractivity contribution in [3.63, 3.8) is 0 Å². The third kappa shape index (κ3) is 3.97. The van der Waals surface area contributed by atoms with Crippen LogP contribution in [0.2, 0.25) is 5.02 Å². The molecule has 1 atom stereocenters. The van der Waals surface area contributed by atoms with Gasteiger partial charge in [0.15, 0.2) is 0 Å². The minimum Gasteiger partial charge on any atom is -0.383 e. The number of thiophene rings is 1. The van der Waals surface area contributed by atoms with Gasteiger partial charge in [0.2, 0.25) is 0 Å². The normalized spacial score (nSPS) is 12.3. The van der Waals surface area contributed by atoms with Gasteiger partial charge in [-0.3, -0.25) is 14.2 Å². The second-order valence-electron chi connectivity index (χ2n) is 6.33. The van der Waals surface area contributed by atoms with Crippen molar-refractivity contribution in [3.8, 4) is 0 Å². The van der Waals surface area contributed by atoms with Crippen LogP contribution in [0.3, 0.4) is 0 Å². The van der Waals surface area contributed by atoms with Crippen LogP contribution in [0.1, 0.15) is 35.4 Å². The molecule has 0 N–H and O–H groups in total. The van der Waals surface area contributed by atoms with Gasteiger partial charge in [-0.05, 0) is 43.5 Å². The Morgan fingerprint density at radius 1 is 1.39 bits per heavy atom. The SMILES string of the molecule is CCn1c(C(C)N(CCOC)C(=O)c2cccs2)nc2cc(Cl)ccc2c1=O. The fraction of sp³-hybridized carbons (Fsp3) is 0.350. The molecule has 8 heteroatoms. The summed E-state index contributed by atoms with van der Waals surface area (Å²) in [4.78, 5) is 33.1. The van der Waals surface area contributed by atoms with E-state index >= 15 is 0 Å². The van der Waals surface area contributed by atoms with Gasteiger partial charge in [-0.1, -0.05) is 17.7 Å². The first-order chi connectivity index (χ1) is 13.5. The second-order valence-corrected chi connectivity index (χ2v) is 7.71. The van der Waals surface area contributed by atoms with Crippen molar-refractivity contribution >= 4 is 39.7 Å². The van der Waals surface area contributed by atoms with E-state index in [1.165, 1.54) is 11.3 Å². The molecular formula is C20H22ClN3O3S. The molecule has 1 unspecified atom stereocenters. The van der Waals surface area contributed by atoms with Crippen molar-refractivity contribution in [2.24, 2.45) is 0 Å². The van der Waals surface area contributed by atoms with E-state index < -0.39 is 6.04 Å². The van der Waals surface area contributed by atoms with Crippen LogP contribution in [-0.4, -0.2) is 40.6 Å². The number of ether oxygens (including phenoxy) is 1. The molecule has 6 nitrogen and oxygen atoms in total. The largest absolute Gasteiger partial charge is 0.383 e. The van der Waals surface area contributed by atoms with Crippen molar-refractivity contribution < 1.29 is 9.53 Å². The molecule has 2 aromatic heterocycles. The number of aromatic nitrogens is 2. The average molecular weight is 420 g/mol. The summed E-state index contributed by atoms with van der Waals surface area (Å²) in [7, 11) is 1.59. The number of halogens is 1. The molecule has 0 radical (unpaired) electrons. The quantitative estimate of drug-likeness (QED) is 0.581. The highest BCUT2D eigenvalue weighted by molar-refractivity contribution is 7.12. The van der Waals surface area contributed by atoms with Crippen LogP contribution >= 0.6 is 22.9 Å². The maximum atomic E-state index is 13.1. The third-order valence-electron chi connectivity index (χ3n) is 4.63. The first kappa shape index (κ1) is 20.5. The molecule has 0 fully saturated rings. The molecule has 0 saturated heterocycles. The van der Waals surface area contributed by atoms with Crippen LogP contribution in [0.15, 0.2) is 40.5 Å². The first-order valence-corrected chi connectivity index (χ1v) is 10.3. The lowest BCUT2D eigenvalue weighted by Crippen LogP contribution is -2.39. The lowest BCUT2D eigenvalue weighted by Gasteiger charge is -2.30. The van der Waals surface area contributed by atoms with Gasteiger partial charge in [0.1, 0.15) is 5.82 Å².